The van der Waals surface area contributed by atoms with Crippen LogP contribution in [0.3, 0.4) is 0 Å². The fourth-order valence-electron chi connectivity index (χ4n) is 1.53. The fraction of sp³-hybridized carbons (Fsp3) is 0.154. The number of nitrogens with one attached hydrogen (secondary N) is 1. The van der Waals surface area contributed by atoms with Gasteiger partial charge in [0.15, 0.2) is 0 Å². The molecule has 1 aromatic carbocycles. The number of furan rings is 1. The Morgan fingerprint density at radius 2 is 2.05 bits per heavy atom. The molecule has 0 radical (unpaired) electrons. The minimum absolute atomic E-state index is 0.0503. The Kier molecular flexibility index (Phi) is 4.12. The van der Waals surface area contributed by atoms with Crippen LogP contribution < -0.4 is 10.1 Å². The second-order valence-electron chi connectivity index (χ2n) is 3.64. The number of benzene rings is 1. The maximum Gasteiger partial charge on any atom is 0.387 e. The lowest BCUT2D eigenvalue weighted by atomic mass is 10.2. The maximum atomic E-state index is 12.2. The Balaban J connectivity index is 2.06. The SMILES string of the molecule is O=C(NCc1ccco1)c1ccccc1OC(F)F. The molecule has 0 aliphatic heterocycles. The summed E-state index contributed by atoms with van der Waals surface area (Å²) in [5.74, 6) is -0.0947. The van der Waals surface area contributed by atoms with Crippen molar-refractivity contribution < 1.29 is 22.7 Å². The number of amides is 1. The predicted octanol–water partition coefficient (Wildman–Crippen LogP) is 2.81. The van der Waals surface area contributed by atoms with Crippen LogP contribution in [0.2, 0.25) is 0 Å². The molecule has 2 aromatic rings. The quantitative estimate of drug-likeness (QED) is 0.906. The van der Waals surface area contributed by atoms with Crippen molar-refractivity contribution in [3.63, 3.8) is 0 Å². The van der Waals surface area contributed by atoms with E-state index in [2.05, 4.69) is 10.1 Å². The van der Waals surface area contributed by atoms with E-state index >= 15 is 0 Å². The second kappa shape index (κ2) is 5.99. The van der Waals surface area contributed by atoms with Crippen molar-refractivity contribution >= 4 is 5.91 Å². The third kappa shape index (κ3) is 3.54. The number of carbonyl (C=O) groups is 1. The van der Waals surface area contributed by atoms with Crippen LogP contribution in [0, 0.1) is 0 Å². The Bertz CT molecular complexity index is 541. The van der Waals surface area contributed by atoms with Crippen LogP contribution in [-0.2, 0) is 6.54 Å². The van der Waals surface area contributed by atoms with Gasteiger partial charge >= 0.3 is 6.61 Å². The predicted molar refractivity (Wildman–Crippen MR) is 63.0 cm³/mol. The number of para-hydroxylation sites is 1. The molecule has 2 rings (SSSR count). The summed E-state index contributed by atoms with van der Waals surface area (Å²) in [7, 11) is 0. The first-order valence-electron chi connectivity index (χ1n) is 5.51. The van der Waals surface area contributed by atoms with Gasteiger partial charge in [0.25, 0.3) is 5.91 Å². The minimum atomic E-state index is -2.97. The highest BCUT2D eigenvalue weighted by atomic mass is 19.3. The largest absolute Gasteiger partial charge is 0.467 e. The summed E-state index contributed by atoms with van der Waals surface area (Å²) in [6, 6.07) is 9.20. The average molecular weight is 267 g/mol. The summed E-state index contributed by atoms with van der Waals surface area (Å²) in [4.78, 5) is 11.9. The molecule has 0 atom stereocenters. The molecule has 1 amide bonds. The van der Waals surface area contributed by atoms with Gasteiger partial charge in [-0.3, -0.25) is 4.79 Å². The molecule has 100 valence electrons. The second-order valence-corrected chi connectivity index (χ2v) is 3.64. The Labute approximate surface area is 108 Å². The first-order valence-corrected chi connectivity index (χ1v) is 5.51. The number of carbonyl (C=O) groups excluding carboxylic acids is 1. The smallest absolute Gasteiger partial charge is 0.387 e. The molecule has 1 heterocycles. The van der Waals surface area contributed by atoms with E-state index in [1.807, 2.05) is 0 Å². The summed E-state index contributed by atoms with van der Waals surface area (Å²) in [5.41, 5.74) is 0.0503. The Morgan fingerprint density at radius 3 is 2.74 bits per heavy atom. The van der Waals surface area contributed by atoms with Gasteiger partial charge in [0, 0.05) is 0 Å². The van der Waals surface area contributed by atoms with Crippen molar-refractivity contribution in [3.05, 3.63) is 54.0 Å². The average Bonchev–Trinajstić information content (AvgIpc) is 2.89. The molecule has 1 aromatic heterocycles. The van der Waals surface area contributed by atoms with Gasteiger partial charge in [0.2, 0.25) is 0 Å². The highest BCUT2D eigenvalue weighted by molar-refractivity contribution is 5.96. The van der Waals surface area contributed by atoms with Crippen molar-refractivity contribution in [1.82, 2.24) is 5.32 Å². The van der Waals surface area contributed by atoms with E-state index in [1.165, 1.54) is 24.5 Å². The zero-order chi connectivity index (χ0) is 13.7. The van der Waals surface area contributed by atoms with E-state index in [0.29, 0.717) is 5.76 Å². The molecule has 0 aliphatic rings. The zero-order valence-corrected chi connectivity index (χ0v) is 9.81. The van der Waals surface area contributed by atoms with E-state index in [9.17, 15) is 13.6 Å². The molecular weight excluding hydrogens is 256 g/mol. The highest BCUT2D eigenvalue weighted by Gasteiger charge is 2.15. The van der Waals surface area contributed by atoms with Crippen molar-refractivity contribution in [1.29, 1.82) is 0 Å². The molecule has 0 spiro atoms. The number of hydrogen-bond acceptors (Lipinski definition) is 3. The highest BCUT2D eigenvalue weighted by Crippen LogP contribution is 2.20. The topological polar surface area (TPSA) is 51.5 Å². The monoisotopic (exact) mass is 267 g/mol. The molecule has 19 heavy (non-hydrogen) atoms. The van der Waals surface area contributed by atoms with E-state index in [4.69, 9.17) is 4.42 Å². The van der Waals surface area contributed by atoms with Gasteiger partial charge in [-0.1, -0.05) is 12.1 Å². The van der Waals surface area contributed by atoms with E-state index in [1.54, 1.807) is 18.2 Å². The molecule has 0 bridgehead atoms. The third-order valence-electron chi connectivity index (χ3n) is 2.35. The Hall–Kier alpha value is -2.37. The summed E-state index contributed by atoms with van der Waals surface area (Å²) in [6.07, 6.45) is 1.48. The van der Waals surface area contributed by atoms with Gasteiger partial charge in [-0.25, -0.2) is 0 Å². The molecule has 0 fully saturated rings. The lowest BCUT2D eigenvalue weighted by Crippen LogP contribution is -2.23. The number of alkyl halides is 2. The van der Waals surface area contributed by atoms with Gasteiger partial charge in [-0.2, -0.15) is 8.78 Å². The van der Waals surface area contributed by atoms with Crippen molar-refractivity contribution in [2.24, 2.45) is 0 Å². The van der Waals surface area contributed by atoms with E-state index < -0.39 is 12.5 Å². The molecule has 6 heteroatoms. The number of hydrogen-bond donors (Lipinski definition) is 1. The number of halogens is 2. The van der Waals surface area contributed by atoms with Crippen LogP contribution in [0.25, 0.3) is 0 Å². The van der Waals surface area contributed by atoms with Gasteiger partial charge in [0.05, 0.1) is 18.4 Å². The van der Waals surface area contributed by atoms with Crippen molar-refractivity contribution in [2.45, 2.75) is 13.2 Å². The number of ether oxygens (including phenoxy) is 1. The normalized spacial score (nSPS) is 10.5. The molecule has 0 saturated carbocycles. The first kappa shape index (κ1) is 13.1. The lowest BCUT2D eigenvalue weighted by Gasteiger charge is -2.10. The van der Waals surface area contributed by atoms with Crippen LogP contribution in [0.15, 0.2) is 47.1 Å². The van der Waals surface area contributed by atoms with E-state index in [-0.39, 0.29) is 17.9 Å². The van der Waals surface area contributed by atoms with Crippen LogP contribution in [0.4, 0.5) is 8.78 Å². The Morgan fingerprint density at radius 1 is 1.26 bits per heavy atom. The fourth-order valence-corrected chi connectivity index (χ4v) is 1.53. The van der Waals surface area contributed by atoms with Crippen molar-refractivity contribution in [2.75, 3.05) is 0 Å². The standard InChI is InChI=1S/C13H11F2NO3/c14-13(15)19-11-6-2-1-5-10(11)12(17)16-8-9-4-3-7-18-9/h1-7,13H,8H2,(H,16,17). The number of rotatable bonds is 5. The summed E-state index contributed by atoms with van der Waals surface area (Å²) >= 11 is 0. The lowest BCUT2D eigenvalue weighted by molar-refractivity contribution is -0.0501. The van der Waals surface area contributed by atoms with Crippen LogP contribution >= 0.6 is 0 Å². The molecule has 1 N–H and O–H groups in total. The van der Waals surface area contributed by atoms with Crippen LogP contribution in [-0.4, -0.2) is 12.5 Å². The molecule has 0 unspecified atom stereocenters. The third-order valence-corrected chi connectivity index (χ3v) is 2.35. The van der Waals surface area contributed by atoms with Gasteiger partial charge in [-0.05, 0) is 24.3 Å². The first-order chi connectivity index (χ1) is 9.16. The minimum Gasteiger partial charge on any atom is -0.467 e. The summed E-state index contributed by atoms with van der Waals surface area (Å²) in [6.45, 7) is -2.80. The molecular formula is C13H11F2NO3. The molecule has 0 aliphatic carbocycles. The summed E-state index contributed by atoms with van der Waals surface area (Å²) in [5, 5.41) is 2.56. The maximum absolute atomic E-state index is 12.2. The van der Waals surface area contributed by atoms with Gasteiger partial charge in [-0.15, -0.1) is 0 Å². The molecule has 4 nitrogen and oxygen atoms in total. The van der Waals surface area contributed by atoms with E-state index in [0.717, 1.165) is 0 Å². The van der Waals surface area contributed by atoms with Crippen LogP contribution in [0.1, 0.15) is 16.1 Å². The van der Waals surface area contributed by atoms with Gasteiger partial charge in [0.1, 0.15) is 11.5 Å². The van der Waals surface area contributed by atoms with Crippen LogP contribution in [0.5, 0.6) is 5.75 Å². The van der Waals surface area contributed by atoms with Crippen molar-refractivity contribution in [3.8, 4) is 5.75 Å². The zero-order valence-electron chi connectivity index (χ0n) is 9.81. The van der Waals surface area contributed by atoms with Gasteiger partial charge < -0.3 is 14.5 Å². The molecule has 0 saturated heterocycles. The summed E-state index contributed by atoms with van der Waals surface area (Å²) < 4.78 is 33.7.